The lowest BCUT2D eigenvalue weighted by Gasteiger charge is -1.84. The Morgan fingerprint density at radius 2 is 1.92 bits per heavy atom. The fourth-order valence-corrected chi connectivity index (χ4v) is 0.468. The van der Waals surface area contributed by atoms with E-state index in [0.29, 0.717) is 12.7 Å². The minimum Gasteiger partial charge on any atom is -0.382 e. The lowest BCUT2D eigenvalue weighted by molar-refractivity contribution is 0.171. The van der Waals surface area contributed by atoms with Gasteiger partial charge in [0.2, 0.25) is 0 Å². The quantitative estimate of drug-likeness (QED) is 0.501. The number of rotatable bonds is 4. The van der Waals surface area contributed by atoms with Crippen molar-refractivity contribution < 1.29 is 14.2 Å². The topological polar surface area (TPSA) is 31.0 Å². The molecular formula is C10H22O3. The van der Waals surface area contributed by atoms with Crippen LogP contribution in [0.15, 0.2) is 12.7 Å². The van der Waals surface area contributed by atoms with Gasteiger partial charge in [-0.05, 0) is 0 Å². The minimum absolute atomic E-state index is 0.426. The van der Waals surface area contributed by atoms with E-state index in [1.165, 1.54) is 0 Å². The maximum Gasteiger partial charge on any atom is 0.104 e. The molecule has 0 spiro atoms. The second-order valence-corrected chi connectivity index (χ2v) is 2.15. The van der Waals surface area contributed by atoms with Crippen LogP contribution in [0.1, 0.15) is 13.8 Å². The van der Waals surface area contributed by atoms with Crippen LogP contribution in [-0.4, -0.2) is 40.1 Å². The molecule has 1 saturated heterocycles. The van der Waals surface area contributed by atoms with Gasteiger partial charge in [0.05, 0.1) is 19.8 Å². The van der Waals surface area contributed by atoms with E-state index in [2.05, 4.69) is 11.3 Å². The van der Waals surface area contributed by atoms with Gasteiger partial charge in [-0.3, -0.25) is 0 Å². The first-order valence-electron chi connectivity index (χ1n) is 4.55. The van der Waals surface area contributed by atoms with Crippen molar-refractivity contribution in [2.75, 3.05) is 34.0 Å². The van der Waals surface area contributed by atoms with Crippen molar-refractivity contribution in [3.63, 3.8) is 0 Å². The summed E-state index contributed by atoms with van der Waals surface area (Å²) in [5.74, 6) is 0. The molecule has 80 valence electrons. The molecule has 1 aliphatic rings. The van der Waals surface area contributed by atoms with Gasteiger partial charge in [-0.1, -0.05) is 19.9 Å². The number of epoxide rings is 1. The predicted molar refractivity (Wildman–Crippen MR) is 55.0 cm³/mol. The number of methoxy groups -OCH3 is 2. The summed E-state index contributed by atoms with van der Waals surface area (Å²) < 4.78 is 14.1. The van der Waals surface area contributed by atoms with Crippen molar-refractivity contribution in [1.29, 1.82) is 0 Å². The van der Waals surface area contributed by atoms with Gasteiger partial charge < -0.3 is 14.2 Å². The molecule has 0 N–H and O–H groups in total. The Hall–Kier alpha value is -0.380. The van der Waals surface area contributed by atoms with Crippen molar-refractivity contribution in [2.24, 2.45) is 0 Å². The lowest BCUT2D eigenvalue weighted by Crippen LogP contribution is -1.94. The van der Waals surface area contributed by atoms with Gasteiger partial charge in [0, 0.05) is 14.2 Å². The number of hydrogen-bond donors (Lipinski definition) is 0. The fraction of sp³-hybridized carbons (Fsp3) is 0.800. The molecule has 3 nitrogen and oxygen atoms in total. The highest BCUT2D eigenvalue weighted by atomic mass is 16.6. The average Bonchev–Trinajstić information content (AvgIpc) is 2.95. The molecule has 0 aromatic rings. The lowest BCUT2D eigenvalue weighted by atomic mass is 10.5. The third kappa shape index (κ3) is 18.5. The first kappa shape index (κ1) is 15.1. The first-order chi connectivity index (χ1) is 6.35. The standard InChI is InChI=1S/C4H8O2.C4H8O.C2H6/c1-5-2-4-3-6-4;1-3-4-5-2;1-2/h4H,2-3H2,1H3;3H,1,4H2,2H3;1-2H3. The highest BCUT2D eigenvalue weighted by molar-refractivity contribution is 4.66. The summed E-state index contributed by atoms with van der Waals surface area (Å²) in [7, 11) is 3.32. The highest BCUT2D eigenvalue weighted by Gasteiger charge is 2.21. The van der Waals surface area contributed by atoms with E-state index >= 15 is 0 Å². The SMILES string of the molecule is C=CCOC.CC.COCC1CO1. The number of hydrogen-bond acceptors (Lipinski definition) is 3. The summed E-state index contributed by atoms with van der Waals surface area (Å²) in [6.45, 7) is 9.74. The van der Waals surface area contributed by atoms with Crippen LogP contribution in [0.2, 0.25) is 0 Å². The van der Waals surface area contributed by atoms with Crippen molar-refractivity contribution in [2.45, 2.75) is 20.0 Å². The Bertz CT molecular complexity index is 90.2. The molecule has 0 aliphatic carbocycles. The van der Waals surface area contributed by atoms with Crippen molar-refractivity contribution in [3.8, 4) is 0 Å². The summed E-state index contributed by atoms with van der Waals surface area (Å²) in [6, 6.07) is 0. The molecule has 0 radical (unpaired) electrons. The minimum atomic E-state index is 0.426. The second kappa shape index (κ2) is 14.2. The Kier molecular flexibility index (Phi) is 16.5. The number of ether oxygens (including phenoxy) is 3. The predicted octanol–water partition coefficient (Wildman–Crippen LogP) is 1.88. The zero-order valence-corrected chi connectivity index (χ0v) is 9.21. The molecule has 1 rings (SSSR count). The Morgan fingerprint density at radius 3 is 2.00 bits per heavy atom. The molecule has 1 heterocycles. The van der Waals surface area contributed by atoms with Gasteiger partial charge in [0.1, 0.15) is 6.10 Å². The molecule has 0 saturated carbocycles. The third-order valence-corrected chi connectivity index (χ3v) is 1.04. The second-order valence-electron chi connectivity index (χ2n) is 2.15. The van der Waals surface area contributed by atoms with Crippen molar-refractivity contribution in [1.82, 2.24) is 0 Å². The van der Waals surface area contributed by atoms with Gasteiger partial charge in [-0.25, -0.2) is 0 Å². The highest BCUT2D eigenvalue weighted by Crippen LogP contribution is 2.06. The molecule has 0 amide bonds. The van der Waals surface area contributed by atoms with Gasteiger partial charge >= 0.3 is 0 Å². The molecule has 1 fully saturated rings. The van der Waals surface area contributed by atoms with Crippen LogP contribution in [0.4, 0.5) is 0 Å². The van der Waals surface area contributed by atoms with Crippen LogP contribution in [0, 0.1) is 0 Å². The largest absolute Gasteiger partial charge is 0.382 e. The van der Waals surface area contributed by atoms with E-state index in [0.717, 1.165) is 13.2 Å². The normalized spacial score (nSPS) is 17.4. The molecule has 1 aliphatic heterocycles. The van der Waals surface area contributed by atoms with E-state index in [-0.39, 0.29) is 0 Å². The smallest absolute Gasteiger partial charge is 0.104 e. The van der Waals surface area contributed by atoms with Gasteiger partial charge in [-0.2, -0.15) is 0 Å². The molecule has 3 heteroatoms. The van der Waals surface area contributed by atoms with Gasteiger partial charge in [0.15, 0.2) is 0 Å². The van der Waals surface area contributed by atoms with Crippen molar-refractivity contribution >= 4 is 0 Å². The summed E-state index contributed by atoms with van der Waals surface area (Å²) in [5.41, 5.74) is 0. The maximum atomic E-state index is 4.82. The van der Waals surface area contributed by atoms with Crippen LogP contribution < -0.4 is 0 Å². The van der Waals surface area contributed by atoms with Gasteiger partial charge in [0.25, 0.3) is 0 Å². The molecule has 1 unspecified atom stereocenters. The van der Waals surface area contributed by atoms with Crippen LogP contribution in [0.5, 0.6) is 0 Å². The van der Waals surface area contributed by atoms with Crippen LogP contribution in [0.25, 0.3) is 0 Å². The zero-order valence-electron chi connectivity index (χ0n) is 9.21. The molecule has 0 bridgehead atoms. The molecule has 0 aromatic carbocycles. The first-order valence-corrected chi connectivity index (χ1v) is 4.55. The molecule has 13 heavy (non-hydrogen) atoms. The molecule has 0 aromatic heterocycles. The Balaban J connectivity index is 0. The summed E-state index contributed by atoms with van der Waals surface area (Å²) in [5, 5.41) is 0. The third-order valence-electron chi connectivity index (χ3n) is 1.04. The van der Waals surface area contributed by atoms with Crippen molar-refractivity contribution in [3.05, 3.63) is 12.7 Å². The van der Waals surface area contributed by atoms with E-state index in [1.54, 1.807) is 20.3 Å². The molecular weight excluding hydrogens is 168 g/mol. The van der Waals surface area contributed by atoms with E-state index in [1.807, 2.05) is 13.8 Å². The summed E-state index contributed by atoms with van der Waals surface area (Å²) in [4.78, 5) is 0. The van der Waals surface area contributed by atoms with Crippen LogP contribution >= 0.6 is 0 Å². The van der Waals surface area contributed by atoms with E-state index in [4.69, 9.17) is 9.47 Å². The van der Waals surface area contributed by atoms with E-state index < -0.39 is 0 Å². The fourth-order valence-electron chi connectivity index (χ4n) is 0.468. The maximum absolute atomic E-state index is 4.82. The Morgan fingerprint density at radius 1 is 1.38 bits per heavy atom. The summed E-state index contributed by atoms with van der Waals surface area (Å²) in [6.07, 6.45) is 2.13. The molecule has 1 atom stereocenters. The monoisotopic (exact) mass is 190 g/mol. The Labute approximate surface area is 81.7 Å². The van der Waals surface area contributed by atoms with Crippen LogP contribution in [0.3, 0.4) is 0 Å². The zero-order chi connectivity index (χ0) is 10.5. The van der Waals surface area contributed by atoms with Gasteiger partial charge in [-0.15, -0.1) is 6.58 Å². The van der Waals surface area contributed by atoms with E-state index in [9.17, 15) is 0 Å². The van der Waals surface area contributed by atoms with Crippen LogP contribution in [-0.2, 0) is 14.2 Å². The average molecular weight is 190 g/mol. The summed E-state index contributed by atoms with van der Waals surface area (Å²) >= 11 is 0.